The Hall–Kier alpha value is -2.49. The van der Waals surface area contributed by atoms with Crippen molar-refractivity contribution in [2.75, 3.05) is 13.7 Å². The number of hydrogen-bond donors (Lipinski definition) is 0. The number of amides is 1. The zero-order valence-electron chi connectivity index (χ0n) is 15.7. The molecule has 1 aromatic carbocycles. The Balaban J connectivity index is 2.19. The molecule has 0 atom stereocenters. The van der Waals surface area contributed by atoms with E-state index in [-0.39, 0.29) is 5.91 Å². The van der Waals surface area contributed by atoms with Crippen molar-refractivity contribution in [2.24, 2.45) is 5.41 Å². The summed E-state index contributed by atoms with van der Waals surface area (Å²) in [5.74, 6) is 0.976. The first-order valence-electron chi connectivity index (χ1n) is 8.52. The number of carbonyl (C=O) groups excluding carboxylic acids is 1. The molecular weight excluding hydrogens is 312 g/mol. The molecule has 0 bridgehead atoms. The monoisotopic (exact) mass is 340 g/mol. The summed E-state index contributed by atoms with van der Waals surface area (Å²) in [6.45, 7) is 11.5. The third-order valence-corrected chi connectivity index (χ3v) is 4.04. The fraction of sp³-hybridized carbons (Fsp3) is 0.381. The Kier molecular flexibility index (Phi) is 6.07. The van der Waals surface area contributed by atoms with Gasteiger partial charge in [-0.3, -0.25) is 4.79 Å². The van der Waals surface area contributed by atoms with Crippen molar-refractivity contribution in [2.45, 2.75) is 33.9 Å². The molecule has 0 unspecified atom stereocenters. The van der Waals surface area contributed by atoms with Gasteiger partial charge in [0.1, 0.15) is 5.75 Å². The third kappa shape index (κ3) is 4.99. The predicted octanol–water partition coefficient (Wildman–Crippen LogP) is 4.11. The van der Waals surface area contributed by atoms with Gasteiger partial charge in [-0.1, -0.05) is 39.0 Å². The zero-order chi connectivity index (χ0) is 18.4. The number of hydrogen-bond acceptors (Lipinski definition) is 2. The summed E-state index contributed by atoms with van der Waals surface area (Å²) in [5, 5.41) is 0. The van der Waals surface area contributed by atoms with Crippen LogP contribution in [0.3, 0.4) is 0 Å². The zero-order valence-corrected chi connectivity index (χ0v) is 15.7. The standard InChI is InChI=1S/C21H28N2O2/c1-6-12-23(20(24)21(2,3)4)16-18-10-8-13-22(18)15-17-9-7-11-19(14-17)25-5/h6-11,13-14H,1,12,15-16H2,2-5H3. The molecule has 2 aromatic rings. The molecule has 0 saturated carbocycles. The fourth-order valence-electron chi connectivity index (χ4n) is 2.76. The van der Waals surface area contributed by atoms with Crippen molar-refractivity contribution >= 4 is 5.91 Å². The highest BCUT2D eigenvalue weighted by Gasteiger charge is 2.27. The Morgan fingerprint density at radius 1 is 1.28 bits per heavy atom. The van der Waals surface area contributed by atoms with Crippen molar-refractivity contribution in [3.05, 3.63) is 66.5 Å². The molecule has 4 nitrogen and oxygen atoms in total. The molecule has 0 saturated heterocycles. The second-order valence-electron chi connectivity index (χ2n) is 7.20. The highest BCUT2D eigenvalue weighted by atomic mass is 16.5. The molecule has 0 spiro atoms. The van der Waals surface area contributed by atoms with Gasteiger partial charge in [0, 0.05) is 30.4 Å². The molecule has 0 aliphatic rings. The number of rotatable bonds is 7. The van der Waals surface area contributed by atoms with Gasteiger partial charge in [-0.05, 0) is 29.8 Å². The molecule has 0 fully saturated rings. The Morgan fingerprint density at radius 2 is 2.04 bits per heavy atom. The first kappa shape index (κ1) is 18.8. The lowest BCUT2D eigenvalue weighted by Gasteiger charge is -2.29. The molecule has 0 radical (unpaired) electrons. The van der Waals surface area contributed by atoms with E-state index in [9.17, 15) is 4.79 Å². The molecule has 25 heavy (non-hydrogen) atoms. The Morgan fingerprint density at radius 3 is 2.68 bits per heavy atom. The van der Waals surface area contributed by atoms with Gasteiger partial charge in [0.05, 0.1) is 13.7 Å². The summed E-state index contributed by atoms with van der Waals surface area (Å²) in [5.41, 5.74) is 1.85. The molecule has 1 aromatic heterocycles. The largest absolute Gasteiger partial charge is 0.497 e. The van der Waals surface area contributed by atoms with Gasteiger partial charge in [0.25, 0.3) is 0 Å². The Bertz CT molecular complexity index is 725. The quantitative estimate of drug-likeness (QED) is 0.711. The van der Waals surface area contributed by atoms with Crippen LogP contribution in [0, 0.1) is 5.41 Å². The van der Waals surface area contributed by atoms with Gasteiger partial charge in [0.2, 0.25) is 5.91 Å². The van der Waals surface area contributed by atoms with E-state index in [1.807, 2.05) is 56.1 Å². The van der Waals surface area contributed by atoms with E-state index in [1.165, 1.54) is 0 Å². The summed E-state index contributed by atoms with van der Waals surface area (Å²) in [6, 6.07) is 12.1. The minimum Gasteiger partial charge on any atom is -0.497 e. The molecule has 134 valence electrons. The summed E-state index contributed by atoms with van der Waals surface area (Å²) in [7, 11) is 1.67. The average molecular weight is 340 g/mol. The van der Waals surface area contributed by atoms with Crippen LogP contribution in [-0.4, -0.2) is 29.0 Å². The van der Waals surface area contributed by atoms with E-state index >= 15 is 0 Å². The molecule has 0 aliphatic carbocycles. The van der Waals surface area contributed by atoms with Crippen LogP contribution in [-0.2, 0) is 17.9 Å². The topological polar surface area (TPSA) is 34.5 Å². The SMILES string of the molecule is C=CCN(Cc1cccn1Cc1cccc(OC)c1)C(=O)C(C)(C)C. The number of aromatic nitrogens is 1. The van der Waals surface area contributed by atoms with Crippen molar-refractivity contribution in [3.63, 3.8) is 0 Å². The van der Waals surface area contributed by atoms with E-state index < -0.39 is 5.41 Å². The van der Waals surface area contributed by atoms with Crippen molar-refractivity contribution < 1.29 is 9.53 Å². The molecule has 0 N–H and O–H groups in total. The van der Waals surface area contributed by atoms with Gasteiger partial charge in [-0.25, -0.2) is 0 Å². The third-order valence-electron chi connectivity index (χ3n) is 4.04. The van der Waals surface area contributed by atoms with E-state index in [4.69, 9.17) is 4.74 Å². The molecule has 1 heterocycles. The molecular formula is C21H28N2O2. The molecule has 0 aliphatic heterocycles. The van der Waals surface area contributed by atoms with Crippen LogP contribution in [0.15, 0.2) is 55.3 Å². The summed E-state index contributed by atoms with van der Waals surface area (Å²) >= 11 is 0. The van der Waals surface area contributed by atoms with Gasteiger partial charge in [-0.2, -0.15) is 0 Å². The maximum Gasteiger partial charge on any atom is 0.228 e. The maximum atomic E-state index is 12.7. The second-order valence-corrected chi connectivity index (χ2v) is 7.20. The van der Waals surface area contributed by atoms with Crippen molar-refractivity contribution in [1.82, 2.24) is 9.47 Å². The van der Waals surface area contributed by atoms with Gasteiger partial charge in [0.15, 0.2) is 0 Å². The van der Waals surface area contributed by atoms with Crippen LogP contribution >= 0.6 is 0 Å². The number of ether oxygens (including phenoxy) is 1. The molecule has 2 rings (SSSR count). The van der Waals surface area contributed by atoms with Gasteiger partial charge >= 0.3 is 0 Å². The summed E-state index contributed by atoms with van der Waals surface area (Å²) < 4.78 is 7.46. The minimum absolute atomic E-state index is 0.126. The minimum atomic E-state index is -0.409. The van der Waals surface area contributed by atoms with E-state index in [1.54, 1.807) is 13.2 Å². The number of carbonyl (C=O) groups is 1. The van der Waals surface area contributed by atoms with E-state index in [0.29, 0.717) is 13.1 Å². The number of methoxy groups -OCH3 is 1. The van der Waals surface area contributed by atoms with Crippen LogP contribution in [0.25, 0.3) is 0 Å². The molecule has 1 amide bonds. The van der Waals surface area contributed by atoms with Gasteiger partial charge in [-0.15, -0.1) is 6.58 Å². The average Bonchev–Trinajstić information content (AvgIpc) is 3.00. The highest BCUT2D eigenvalue weighted by Crippen LogP contribution is 2.20. The van der Waals surface area contributed by atoms with Crippen LogP contribution in [0.5, 0.6) is 5.75 Å². The molecule has 4 heteroatoms. The van der Waals surface area contributed by atoms with E-state index in [2.05, 4.69) is 23.3 Å². The van der Waals surface area contributed by atoms with Crippen LogP contribution in [0.1, 0.15) is 32.0 Å². The van der Waals surface area contributed by atoms with Crippen LogP contribution < -0.4 is 4.74 Å². The lowest BCUT2D eigenvalue weighted by atomic mass is 9.94. The van der Waals surface area contributed by atoms with Gasteiger partial charge < -0.3 is 14.2 Å². The fourth-order valence-corrected chi connectivity index (χ4v) is 2.76. The van der Waals surface area contributed by atoms with Crippen LogP contribution in [0.2, 0.25) is 0 Å². The second kappa shape index (κ2) is 8.06. The maximum absolute atomic E-state index is 12.7. The number of nitrogens with zero attached hydrogens (tertiary/aromatic N) is 2. The summed E-state index contributed by atoms with van der Waals surface area (Å²) in [6.07, 6.45) is 3.82. The van der Waals surface area contributed by atoms with E-state index in [0.717, 1.165) is 23.6 Å². The first-order valence-corrected chi connectivity index (χ1v) is 8.52. The van der Waals surface area contributed by atoms with Crippen molar-refractivity contribution in [1.29, 1.82) is 0 Å². The lowest BCUT2D eigenvalue weighted by molar-refractivity contribution is -0.139. The summed E-state index contributed by atoms with van der Waals surface area (Å²) in [4.78, 5) is 14.5. The normalized spacial score (nSPS) is 11.2. The first-order chi connectivity index (χ1) is 11.8. The van der Waals surface area contributed by atoms with Crippen molar-refractivity contribution in [3.8, 4) is 5.75 Å². The lowest BCUT2D eigenvalue weighted by Crippen LogP contribution is -2.39. The predicted molar refractivity (Wildman–Crippen MR) is 102 cm³/mol. The smallest absolute Gasteiger partial charge is 0.228 e. The van der Waals surface area contributed by atoms with Crippen LogP contribution in [0.4, 0.5) is 0 Å². The Labute approximate surface area is 150 Å². The highest BCUT2D eigenvalue weighted by molar-refractivity contribution is 5.81. The number of benzene rings is 1.